The summed E-state index contributed by atoms with van der Waals surface area (Å²) in [5.41, 5.74) is 1.41. The highest BCUT2D eigenvalue weighted by Gasteiger charge is 2.40. The zero-order chi connectivity index (χ0) is 19.0. The first kappa shape index (κ1) is 18.2. The van der Waals surface area contributed by atoms with Crippen LogP contribution in [0.1, 0.15) is 29.8 Å². The third-order valence-electron chi connectivity index (χ3n) is 4.82. The van der Waals surface area contributed by atoms with Gasteiger partial charge >= 0.3 is 0 Å². The minimum Gasteiger partial charge on any atom is -0.491 e. The van der Waals surface area contributed by atoms with Crippen molar-refractivity contribution in [3.8, 4) is 17.0 Å². The zero-order valence-corrected chi connectivity index (χ0v) is 15.4. The number of alkyl halides is 2. The maximum atomic E-state index is 13.5. The molecule has 2 heterocycles. The molecule has 0 bridgehead atoms. The Balaban J connectivity index is 1.64. The second-order valence-electron chi connectivity index (χ2n) is 7.14. The molecule has 142 valence electrons. The van der Waals surface area contributed by atoms with Gasteiger partial charge in [-0.2, -0.15) is 0 Å². The molecule has 4 rings (SSSR count). The number of aromatic nitrogens is 1. The van der Waals surface area contributed by atoms with Gasteiger partial charge in [-0.15, -0.1) is 0 Å². The van der Waals surface area contributed by atoms with Crippen LogP contribution in [0.15, 0.2) is 36.4 Å². The predicted molar refractivity (Wildman–Crippen MR) is 98.4 cm³/mol. The lowest BCUT2D eigenvalue weighted by molar-refractivity contribution is 0.0119. The largest absolute Gasteiger partial charge is 0.491 e. The fourth-order valence-electron chi connectivity index (χ4n) is 3.06. The number of likely N-dealkylation sites (tertiary alicyclic amines) is 1. The van der Waals surface area contributed by atoms with Gasteiger partial charge in [0.05, 0.1) is 13.2 Å². The molecular weight excluding hydrogens is 374 g/mol. The van der Waals surface area contributed by atoms with Crippen LogP contribution in [-0.2, 0) is 0 Å². The highest BCUT2D eigenvalue weighted by molar-refractivity contribution is 6.30. The molecule has 0 unspecified atom stereocenters. The molecule has 1 aliphatic carbocycles. The van der Waals surface area contributed by atoms with Crippen LogP contribution in [0, 0.1) is 5.92 Å². The van der Waals surface area contributed by atoms with Gasteiger partial charge in [0.2, 0.25) is 0 Å². The first-order chi connectivity index (χ1) is 12.9. The van der Waals surface area contributed by atoms with Gasteiger partial charge < -0.3 is 9.64 Å². The van der Waals surface area contributed by atoms with Crippen molar-refractivity contribution < 1.29 is 18.3 Å². The molecule has 1 amide bonds. The van der Waals surface area contributed by atoms with E-state index < -0.39 is 18.4 Å². The molecule has 0 spiro atoms. The Bertz CT molecular complexity index is 854. The number of carbonyl (C=O) groups is 1. The third kappa shape index (κ3) is 4.21. The standard InChI is InChI=1S/C20H19ClF2N2O2/c21-15-5-3-14(4-6-15)18-17(27-11-13-1-2-13)8-7-16(24-18)19(26)25-10-9-20(22,23)12-25/h3-8,13H,1-2,9-12H2. The summed E-state index contributed by atoms with van der Waals surface area (Å²) >= 11 is 5.96. The summed E-state index contributed by atoms with van der Waals surface area (Å²) in [7, 11) is 0. The fraction of sp³-hybridized carbons (Fsp3) is 0.400. The second-order valence-corrected chi connectivity index (χ2v) is 7.57. The van der Waals surface area contributed by atoms with E-state index in [0.29, 0.717) is 29.0 Å². The highest BCUT2D eigenvalue weighted by Crippen LogP contribution is 2.34. The number of pyridine rings is 1. The number of carbonyl (C=O) groups excluding carboxylic acids is 1. The van der Waals surface area contributed by atoms with Crippen LogP contribution in [0.4, 0.5) is 8.78 Å². The number of hydrogen-bond acceptors (Lipinski definition) is 3. The van der Waals surface area contributed by atoms with E-state index in [1.165, 1.54) is 0 Å². The van der Waals surface area contributed by atoms with E-state index in [9.17, 15) is 13.6 Å². The predicted octanol–water partition coefficient (Wildman–Crippen LogP) is 4.67. The fourth-order valence-corrected chi connectivity index (χ4v) is 3.19. The molecule has 2 aliphatic rings. The molecule has 0 atom stereocenters. The van der Waals surface area contributed by atoms with Crippen LogP contribution in [0.2, 0.25) is 5.02 Å². The summed E-state index contributed by atoms with van der Waals surface area (Å²) < 4.78 is 32.8. The van der Waals surface area contributed by atoms with Crippen molar-refractivity contribution in [2.75, 3.05) is 19.7 Å². The number of hydrogen-bond donors (Lipinski definition) is 0. The SMILES string of the molecule is O=C(c1ccc(OCC2CC2)c(-c2ccc(Cl)cc2)n1)N1CCC(F)(F)C1. The van der Waals surface area contributed by atoms with Crippen LogP contribution in [-0.4, -0.2) is 41.4 Å². The quantitative estimate of drug-likeness (QED) is 0.742. The van der Waals surface area contributed by atoms with Crippen molar-refractivity contribution in [3.63, 3.8) is 0 Å². The maximum absolute atomic E-state index is 13.5. The summed E-state index contributed by atoms with van der Waals surface area (Å²) in [5, 5.41) is 0.589. The van der Waals surface area contributed by atoms with Crippen molar-refractivity contribution in [1.29, 1.82) is 0 Å². The molecule has 0 radical (unpaired) electrons. The van der Waals surface area contributed by atoms with Gasteiger partial charge in [-0.25, -0.2) is 13.8 Å². The molecule has 1 aliphatic heterocycles. The number of nitrogens with zero attached hydrogens (tertiary/aromatic N) is 2. The molecule has 1 saturated heterocycles. The summed E-state index contributed by atoms with van der Waals surface area (Å²) in [6.45, 7) is 0.0708. The number of ether oxygens (including phenoxy) is 1. The van der Waals surface area contributed by atoms with Crippen LogP contribution >= 0.6 is 11.6 Å². The Kier molecular flexibility index (Phi) is 4.76. The van der Waals surface area contributed by atoms with Crippen LogP contribution in [0.5, 0.6) is 5.75 Å². The Morgan fingerprint density at radius 2 is 1.96 bits per heavy atom. The first-order valence-corrected chi connectivity index (χ1v) is 9.36. The lowest BCUT2D eigenvalue weighted by Gasteiger charge is -2.17. The van der Waals surface area contributed by atoms with Gasteiger partial charge in [-0.3, -0.25) is 4.79 Å². The lowest BCUT2D eigenvalue weighted by atomic mass is 10.1. The van der Waals surface area contributed by atoms with Gasteiger partial charge in [-0.1, -0.05) is 23.7 Å². The molecule has 7 heteroatoms. The van der Waals surface area contributed by atoms with Crippen molar-refractivity contribution in [2.45, 2.75) is 25.2 Å². The van der Waals surface area contributed by atoms with Crippen LogP contribution in [0.3, 0.4) is 0 Å². The zero-order valence-electron chi connectivity index (χ0n) is 14.6. The second kappa shape index (κ2) is 7.08. The average molecular weight is 393 g/mol. The van der Waals surface area contributed by atoms with E-state index in [2.05, 4.69) is 4.98 Å². The van der Waals surface area contributed by atoms with E-state index in [1.54, 1.807) is 36.4 Å². The minimum absolute atomic E-state index is 0.0315. The molecule has 1 aromatic carbocycles. The lowest BCUT2D eigenvalue weighted by Crippen LogP contribution is -2.32. The molecular formula is C20H19ClF2N2O2. The Hall–Kier alpha value is -2.21. The summed E-state index contributed by atoms with van der Waals surface area (Å²) in [6.07, 6.45) is 2.00. The monoisotopic (exact) mass is 392 g/mol. The van der Waals surface area contributed by atoms with Gasteiger partial charge in [-0.05, 0) is 43.0 Å². The Labute approximate surface area is 161 Å². The smallest absolute Gasteiger partial charge is 0.272 e. The van der Waals surface area contributed by atoms with Crippen molar-refractivity contribution in [2.24, 2.45) is 5.92 Å². The molecule has 1 saturated carbocycles. The van der Waals surface area contributed by atoms with E-state index in [1.807, 2.05) is 0 Å². The third-order valence-corrected chi connectivity index (χ3v) is 5.08. The summed E-state index contributed by atoms with van der Waals surface area (Å²) in [4.78, 5) is 18.2. The molecule has 1 aromatic heterocycles. The van der Waals surface area contributed by atoms with Crippen LogP contribution < -0.4 is 4.74 Å². The van der Waals surface area contributed by atoms with Gasteiger partial charge in [0.25, 0.3) is 11.8 Å². The Morgan fingerprint density at radius 1 is 1.22 bits per heavy atom. The number of benzene rings is 1. The highest BCUT2D eigenvalue weighted by atomic mass is 35.5. The normalized spacial score (nSPS) is 18.6. The number of halogens is 3. The molecule has 4 nitrogen and oxygen atoms in total. The minimum atomic E-state index is -2.83. The van der Waals surface area contributed by atoms with Crippen molar-refractivity contribution >= 4 is 17.5 Å². The first-order valence-electron chi connectivity index (χ1n) is 8.98. The van der Waals surface area contributed by atoms with E-state index in [-0.39, 0.29) is 18.7 Å². The average Bonchev–Trinajstić information content (AvgIpc) is 3.41. The van der Waals surface area contributed by atoms with E-state index in [4.69, 9.17) is 16.3 Å². The topological polar surface area (TPSA) is 42.4 Å². The molecule has 2 aromatic rings. The van der Waals surface area contributed by atoms with Crippen LogP contribution in [0.25, 0.3) is 11.3 Å². The van der Waals surface area contributed by atoms with Crippen molar-refractivity contribution in [1.82, 2.24) is 9.88 Å². The summed E-state index contributed by atoms with van der Waals surface area (Å²) in [6, 6.07) is 10.3. The van der Waals surface area contributed by atoms with E-state index in [0.717, 1.165) is 23.3 Å². The molecule has 0 N–H and O–H groups in total. The summed E-state index contributed by atoms with van der Waals surface area (Å²) in [5.74, 6) is -2.18. The van der Waals surface area contributed by atoms with Gasteiger partial charge in [0.1, 0.15) is 17.1 Å². The molecule has 2 fully saturated rings. The number of rotatable bonds is 5. The molecule has 27 heavy (non-hydrogen) atoms. The Morgan fingerprint density at radius 3 is 2.59 bits per heavy atom. The van der Waals surface area contributed by atoms with Gasteiger partial charge in [0.15, 0.2) is 0 Å². The van der Waals surface area contributed by atoms with Crippen molar-refractivity contribution in [3.05, 3.63) is 47.1 Å². The van der Waals surface area contributed by atoms with Gasteiger partial charge in [0, 0.05) is 23.6 Å². The maximum Gasteiger partial charge on any atom is 0.272 e. The number of amides is 1. The van der Waals surface area contributed by atoms with E-state index >= 15 is 0 Å².